The molecule has 0 radical (unpaired) electrons. The highest BCUT2D eigenvalue weighted by atomic mass is 16.5. The number of hydrogen-bond acceptors (Lipinski definition) is 4. The highest BCUT2D eigenvalue weighted by molar-refractivity contribution is 7.02. The molecular formula is C100H85B2N5O. The van der Waals surface area contributed by atoms with E-state index in [9.17, 15) is 0 Å². The Balaban J connectivity index is 0.937. The first-order valence-corrected chi connectivity index (χ1v) is 38.5. The van der Waals surface area contributed by atoms with Crippen molar-refractivity contribution in [3.05, 3.63) is 320 Å². The number of nitrogens with zero attached hydrogens (tertiary/aromatic N) is 5. The third kappa shape index (κ3) is 10.1. The SMILES string of the molecule is CC(C)(C)c1ccc2c(c1)c1cc(C(C)(C)C)ccc1n2-c1cc2c3c(c1)N(c1ccccc1)c1cc4c(cc1B3c1ccccc1O2)B1c2ccccc2N(c2ccccc2)c2cc(-n3c5ccc(C(C)(C)C)cc5c5cc(C(C)(C)C)ccc53)cc(c21)N4c1c(-c2ccccc2)cccc1-c1ccccc1. The van der Waals surface area contributed by atoms with Gasteiger partial charge in [-0.3, -0.25) is 0 Å². The quantitative estimate of drug-likeness (QED) is 0.149. The predicted molar refractivity (Wildman–Crippen MR) is 461 cm³/mol. The van der Waals surface area contributed by atoms with Gasteiger partial charge in [-0.15, -0.1) is 0 Å². The molecule has 0 amide bonds. The number of fused-ring (bicyclic) bond motifs is 14. The first kappa shape index (κ1) is 65.5. The van der Waals surface area contributed by atoms with E-state index in [1.54, 1.807) is 0 Å². The maximum absolute atomic E-state index is 7.51. The summed E-state index contributed by atoms with van der Waals surface area (Å²) in [6.07, 6.45) is 0. The van der Waals surface area contributed by atoms with Crippen LogP contribution >= 0.6 is 0 Å². The number of ether oxygens (including phenoxy) is 1. The molecule has 4 aliphatic heterocycles. The van der Waals surface area contributed by atoms with Crippen molar-refractivity contribution >= 4 is 141 Å². The van der Waals surface area contributed by atoms with E-state index in [1.807, 2.05) is 0 Å². The molecule has 0 aliphatic carbocycles. The lowest BCUT2D eigenvalue weighted by Crippen LogP contribution is -2.64. The van der Waals surface area contributed by atoms with Gasteiger partial charge in [0.1, 0.15) is 11.5 Å². The monoisotopic (exact) mass is 1390 g/mol. The van der Waals surface area contributed by atoms with Crippen molar-refractivity contribution in [2.75, 3.05) is 14.7 Å². The standard InChI is InChI=1S/C100H85B2N5O/c1-97(2,3)64-44-48-82-74(52-64)75-53-65(98(4,5)6)45-49-83(75)105(82)70-56-89-94-90(57-70)107(96-72(62-30-17-13-18-31-62)38-29-39-73(96)63-32-19-14-20-33-63)88-61-87-80(60-81(88)101(94)78-40-25-27-42-86(78)103(89)68-34-21-15-22-35-68)102-79-41-26-28-43-92(79)108-93-59-71(58-91(95(93)102)104(87)69-36-23-16-24-37-69)106-84-50-46-66(99(7,8)9)54-76(84)77-55-67(100(10,11)12)47-51-85(77)106/h13-61H,1-12H3. The molecule has 0 saturated carbocycles. The van der Waals surface area contributed by atoms with Crippen molar-refractivity contribution in [2.45, 2.75) is 105 Å². The summed E-state index contributed by atoms with van der Waals surface area (Å²) in [5.74, 6) is 1.72. The first-order valence-electron chi connectivity index (χ1n) is 38.5. The summed E-state index contributed by atoms with van der Waals surface area (Å²) < 4.78 is 12.6. The molecule has 6 nitrogen and oxygen atoms in total. The van der Waals surface area contributed by atoms with E-state index in [-0.39, 0.29) is 35.1 Å². The Labute approximate surface area is 634 Å². The van der Waals surface area contributed by atoms with E-state index >= 15 is 0 Å². The van der Waals surface area contributed by atoms with Crippen LogP contribution in [-0.2, 0) is 21.7 Å². The molecule has 522 valence electrons. The Morgan fingerprint density at radius 3 is 1.08 bits per heavy atom. The first-order chi connectivity index (χ1) is 52.1. The second-order valence-electron chi connectivity index (χ2n) is 34.5. The summed E-state index contributed by atoms with van der Waals surface area (Å²) in [4.78, 5) is 7.86. The van der Waals surface area contributed by atoms with Crippen LogP contribution in [0.25, 0.3) is 77.2 Å². The number of anilines is 9. The van der Waals surface area contributed by atoms with Crippen LogP contribution in [0.2, 0.25) is 0 Å². The lowest BCUT2D eigenvalue weighted by atomic mass is 9.30. The molecular weight excluding hydrogens is 1310 g/mol. The topological polar surface area (TPSA) is 28.8 Å². The van der Waals surface area contributed by atoms with Gasteiger partial charge in [-0.2, -0.15) is 0 Å². The highest BCUT2D eigenvalue weighted by Crippen LogP contribution is 2.54. The minimum absolute atomic E-state index is 0.0586. The average molecular weight is 1390 g/mol. The van der Waals surface area contributed by atoms with Crippen molar-refractivity contribution < 1.29 is 4.74 Å². The number of rotatable bonds is 7. The zero-order valence-corrected chi connectivity index (χ0v) is 63.6. The van der Waals surface area contributed by atoms with Gasteiger partial charge in [0.15, 0.2) is 0 Å². The fourth-order valence-electron chi connectivity index (χ4n) is 18.3. The van der Waals surface area contributed by atoms with Crippen LogP contribution in [0.15, 0.2) is 297 Å². The van der Waals surface area contributed by atoms with Gasteiger partial charge >= 0.3 is 0 Å². The van der Waals surface area contributed by atoms with Crippen LogP contribution in [-0.4, -0.2) is 22.6 Å². The molecule has 0 saturated heterocycles. The van der Waals surface area contributed by atoms with Crippen LogP contribution in [0.3, 0.4) is 0 Å². The predicted octanol–water partition coefficient (Wildman–Crippen LogP) is 22.9. The van der Waals surface area contributed by atoms with Crippen molar-refractivity contribution in [3.8, 4) is 45.1 Å². The van der Waals surface area contributed by atoms with E-state index in [1.165, 1.54) is 76.7 Å². The molecule has 14 aromatic carbocycles. The molecule has 6 heterocycles. The van der Waals surface area contributed by atoms with Gasteiger partial charge in [0.2, 0.25) is 0 Å². The molecule has 20 rings (SSSR count). The van der Waals surface area contributed by atoms with E-state index in [4.69, 9.17) is 4.74 Å². The highest BCUT2D eigenvalue weighted by Gasteiger charge is 2.49. The second-order valence-corrected chi connectivity index (χ2v) is 34.5. The summed E-state index contributed by atoms with van der Waals surface area (Å²) >= 11 is 0. The Bertz CT molecular complexity index is 6200. The third-order valence-electron chi connectivity index (χ3n) is 23.7. The molecule has 0 spiro atoms. The molecule has 108 heavy (non-hydrogen) atoms. The fraction of sp³-hybridized carbons (Fsp3) is 0.160. The van der Waals surface area contributed by atoms with Crippen molar-refractivity contribution in [1.29, 1.82) is 0 Å². The second kappa shape index (κ2) is 23.8. The summed E-state index contributed by atoms with van der Waals surface area (Å²) in [7, 11) is 0. The molecule has 2 aromatic heterocycles. The number of aromatic nitrogens is 2. The summed E-state index contributed by atoms with van der Waals surface area (Å²) in [6, 6.07) is 113. The summed E-state index contributed by atoms with van der Waals surface area (Å²) in [6.45, 7) is 27.5. The van der Waals surface area contributed by atoms with Gasteiger partial charge in [-0.25, -0.2) is 0 Å². The summed E-state index contributed by atoms with van der Waals surface area (Å²) in [5.41, 5.74) is 33.4. The largest absolute Gasteiger partial charge is 0.458 e. The van der Waals surface area contributed by atoms with Crippen molar-refractivity contribution in [3.63, 3.8) is 0 Å². The van der Waals surface area contributed by atoms with Crippen LogP contribution in [0.4, 0.5) is 51.2 Å². The van der Waals surface area contributed by atoms with E-state index in [0.717, 1.165) is 118 Å². The molecule has 4 aliphatic rings. The smallest absolute Gasteiger partial charge is 0.256 e. The van der Waals surface area contributed by atoms with Crippen LogP contribution in [0.5, 0.6) is 11.5 Å². The van der Waals surface area contributed by atoms with Crippen molar-refractivity contribution in [1.82, 2.24) is 9.13 Å². The maximum Gasteiger partial charge on any atom is 0.256 e. The molecule has 0 fully saturated rings. The minimum Gasteiger partial charge on any atom is -0.458 e. The Morgan fingerprint density at radius 1 is 0.250 bits per heavy atom. The molecule has 8 heteroatoms. The van der Waals surface area contributed by atoms with Gasteiger partial charge in [0, 0.05) is 84.2 Å². The number of para-hydroxylation sites is 5. The van der Waals surface area contributed by atoms with Gasteiger partial charge in [0.25, 0.3) is 13.4 Å². The van der Waals surface area contributed by atoms with Crippen LogP contribution < -0.4 is 52.2 Å². The molecule has 0 unspecified atom stereocenters. The molecule has 0 bridgehead atoms. The Morgan fingerprint density at radius 2 is 0.620 bits per heavy atom. The van der Waals surface area contributed by atoms with E-state index < -0.39 is 0 Å². The normalized spacial score (nSPS) is 13.7. The molecule has 0 atom stereocenters. The van der Waals surface area contributed by atoms with Crippen molar-refractivity contribution in [2.24, 2.45) is 0 Å². The number of benzene rings is 14. The number of hydrogen-bond donors (Lipinski definition) is 0. The molecule has 16 aromatic rings. The fourth-order valence-corrected chi connectivity index (χ4v) is 18.3. The lowest BCUT2D eigenvalue weighted by molar-refractivity contribution is 0.487. The van der Waals surface area contributed by atoms with Gasteiger partial charge < -0.3 is 28.6 Å². The van der Waals surface area contributed by atoms with E-state index in [2.05, 4.69) is 404 Å². The van der Waals surface area contributed by atoms with Gasteiger partial charge in [-0.1, -0.05) is 265 Å². The zero-order valence-electron chi connectivity index (χ0n) is 63.6. The van der Waals surface area contributed by atoms with Crippen LogP contribution in [0, 0.1) is 0 Å². The zero-order chi connectivity index (χ0) is 73.6. The van der Waals surface area contributed by atoms with E-state index in [0.29, 0.717) is 0 Å². The maximum atomic E-state index is 7.51. The van der Waals surface area contributed by atoms with Crippen LogP contribution in [0.1, 0.15) is 105 Å². The van der Waals surface area contributed by atoms with Gasteiger partial charge in [0.05, 0.1) is 39.1 Å². The summed E-state index contributed by atoms with van der Waals surface area (Å²) in [5, 5.41) is 4.98. The average Bonchev–Trinajstić information content (AvgIpc) is 0.703. The minimum atomic E-state index is -0.237. The van der Waals surface area contributed by atoms with Gasteiger partial charge in [-0.05, 0) is 197 Å². The molecule has 0 N–H and O–H groups in total. The Kier molecular flexibility index (Phi) is 14.4. The lowest BCUT2D eigenvalue weighted by Gasteiger charge is -2.47. The third-order valence-corrected chi connectivity index (χ3v) is 23.7. The Hall–Kier alpha value is -12.0.